The van der Waals surface area contributed by atoms with Crippen molar-refractivity contribution in [3.8, 4) is 5.75 Å². The molecule has 2 rings (SSSR count). The molecule has 1 aromatic rings. The van der Waals surface area contributed by atoms with Crippen molar-refractivity contribution in [3.63, 3.8) is 0 Å². The molecule has 1 fully saturated rings. The summed E-state index contributed by atoms with van der Waals surface area (Å²) in [4.78, 5) is 11.7. The van der Waals surface area contributed by atoms with Crippen LogP contribution in [0.1, 0.15) is 43.7 Å². The first-order valence-corrected chi connectivity index (χ1v) is 7.69. The summed E-state index contributed by atoms with van der Waals surface area (Å²) < 4.78 is 6.12. The van der Waals surface area contributed by atoms with Gasteiger partial charge in [-0.3, -0.25) is 4.79 Å². The summed E-state index contributed by atoms with van der Waals surface area (Å²) in [6, 6.07) is 6.13. The van der Waals surface area contributed by atoms with E-state index in [0.29, 0.717) is 19.4 Å². The van der Waals surface area contributed by atoms with Crippen LogP contribution in [0.5, 0.6) is 5.75 Å². The van der Waals surface area contributed by atoms with E-state index in [4.69, 9.17) is 4.74 Å². The molecule has 4 nitrogen and oxygen atoms in total. The number of nitrogens with one attached hydrogen (secondary N) is 1. The average Bonchev–Trinajstić information content (AvgIpc) is 2.43. The van der Waals surface area contributed by atoms with Crippen molar-refractivity contribution in [2.24, 2.45) is 0 Å². The van der Waals surface area contributed by atoms with Crippen LogP contribution in [0.15, 0.2) is 18.2 Å². The zero-order chi connectivity index (χ0) is 15.5. The highest BCUT2D eigenvalue weighted by molar-refractivity contribution is 5.79. The Morgan fingerprint density at radius 1 is 1.48 bits per heavy atom. The number of carboxylic acids is 1. The van der Waals surface area contributed by atoms with Gasteiger partial charge >= 0.3 is 5.97 Å². The van der Waals surface area contributed by atoms with Gasteiger partial charge in [0.05, 0.1) is 0 Å². The number of benzene rings is 1. The molecule has 0 bridgehead atoms. The van der Waals surface area contributed by atoms with Crippen LogP contribution in [-0.2, 0) is 4.79 Å². The number of hydrogen-bond donors (Lipinski definition) is 2. The summed E-state index contributed by atoms with van der Waals surface area (Å²) in [5.41, 5.74) is 1.41. The minimum absolute atomic E-state index is 0.0469. The molecule has 0 radical (unpaired) electrons. The highest BCUT2D eigenvalue weighted by Crippen LogP contribution is 2.32. The molecule has 2 unspecified atom stereocenters. The van der Waals surface area contributed by atoms with Crippen molar-refractivity contribution < 1.29 is 14.6 Å². The first kappa shape index (κ1) is 15.8. The first-order valence-electron chi connectivity index (χ1n) is 7.69. The monoisotopic (exact) mass is 291 g/mol. The Labute approximate surface area is 126 Å². The lowest BCUT2D eigenvalue weighted by atomic mass is 9.80. The molecule has 0 aromatic heterocycles. The van der Waals surface area contributed by atoms with Gasteiger partial charge in [0.15, 0.2) is 0 Å². The number of hydrogen-bond acceptors (Lipinski definition) is 3. The van der Waals surface area contributed by atoms with Crippen LogP contribution < -0.4 is 10.1 Å². The average molecular weight is 291 g/mol. The molecule has 21 heavy (non-hydrogen) atoms. The number of ether oxygens (including phenoxy) is 1. The van der Waals surface area contributed by atoms with E-state index in [1.165, 1.54) is 0 Å². The Balaban J connectivity index is 2.13. The lowest BCUT2D eigenvalue weighted by Crippen LogP contribution is -2.56. The lowest BCUT2D eigenvalue weighted by molar-refractivity contribution is -0.147. The molecular formula is C17H25NO3. The van der Waals surface area contributed by atoms with Crippen molar-refractivity contribution >= 4 is 5.97 Å². The zero-order valence-corrected chi connectivity index (χ0v) is 13.1. The third-order valence-corrected chi connectivity index (χ3v) is 4.27. The molecule has 1 saturated carbocycles. The topological polar surface area (TPSA) is 58.6 Å². The fourth-order valence-corrected chi connectivity index (χ4v) is 3.11. The van der Waals surface area contributed by atoms with E-state index in [-0.39, 0.29) is 6.10 Å². The first-order chi connectivity index (χ1) is 9.97. The molecule has 2 atom stereocenters. The maximum atomic E-state index is 11.7. The summed E-state index contributed by atoms with van der Waals surface area (Å²) in [7, 11) is 0. The van der Waals surface area contributed by atoms with Gasteiger partial charge in [0.1, 0.15) is 17.4 Å². The summed E-state index contributed by atoms with van der Waals surface area (Å²) >= 11 is 0. The second kappa shape index (κ2) is 6.48. The van der Waals surface area contributed by atoms with Gasteiger partial charge in [0.2, 0.25) is 0 Å². The number of likely N-dealkylation sites (N-methyl/N-ethyl adjacent to an activating group) is 1. The minimum Gasteiger partial charge on any atom is -0.490 e. The number of aryl methyl sites for hydroxylation is 2. The number of carbonyl (C=O) groups is 1. The molecule has 1 aromatic carbocycles. The van der Waals surface area contributed by atoms with E-state index in [0.717, 1.165) is 29.7 Å². The van der Waals surface area contributed by atoms with Crippen LogP contribution in [0.3, 0.4) is 0 Å². The van der Waals surface area contributed by atoms with E-state index in [1.807, 2.05) is 32.9 Å². The molecule has 1 aliphatic carbocycles. The van der Waals surface area contributed by atoms with Crippen LogP contribution in [0, 0.1) is 13.8 Å². The van der Waals surface area contributed by atoms with Crippen molar-refractivity contribution in [3.05, 3.63) is 29.3 Å². The number of carboxylic acid groups (broad SMARTS) is 1. The van der Waals surface area contributed by atoms with Gasteiger partial charge in [-0.2, -0.15) is 0 Å². The Morgan fingerprint density at radius 2 is 2.24 bits per heavy atom. The zero-order valence-electron chi connectivity index (χ0n) is 13.1. The normalized spacial score (nSPS) is 25.6. The van der Waals surface area contributed by atoms with E-state index >= 15 is 0 Å². The molecule has 2 N–H and O–H groups in total. The molecule has 4 heteroatoms. The van der Waals surface area contributed by atoms with Gasteiger partial charge in [-0.1, -0.05) is 19.1 Å². The molecule has 0 spiro atoms. The van der Waals surface area contributed by atoms with Gasteiger partial charge in [-0.05, 0) is 56.8 Å². The Hall–Kier alpha value is -1.55. The maximum Gasteiger partial charge on any atom is 0.324 e. The highest BCUT2D eigenvalue weighted by atomic mass is 16.5. The summed E-state index contributed by atoms with van der Waals surface area (Å²) in [5.74, 6) is 0.108. The Bertz CT molecular complexity index is 511. The third-order valence-electron chi connectivity index (χ3n) is 4.27. The molecule has 0 heterocycles. The second-order valence-corrected chi connectivity index (χ2v) is 6.02. The summed E-state index contributed by atoms with van der Waals surface area (Å²) in [5, 5.41) is 12.7. The maximum absolute atomic E-state index is 11.7. The largest absolute Gasteiger partial charge is 0.490 e. The SMILES string of the molecule is CCNC1(C(=O)O)CCCC(Oc2cc(C)ccc2C)C1. The summed E-state index contributed by atoms with van der Waals surface area (Å²) in [6.07, 6.45) is 2.92. The van der Waals surface area contributed by atoms with Gasteiger partial charge in [0, 0.05) is 6.42 Å². The lowest BCUT2D eigenvalue weighted by Gasteiger charge is -2.38. The van der Waals surface area contributed by atoms with Gasteiger partial charge in [0.25, 0.3) is 0 Å². The van der Waals surface area contributed by atoms with Crippen LogP contribution in [0.25, 0.3) is 0 Å². The van der Waals surface area contributed by atoms with Crippen LogP contribution >= 0.6 is 0 Å². The summed E-state index contributed by atoms with van der Waals surface area (Å²) in [6.45, 7) is 6.65. The van der Waals surface area contributed by atoms with Crippen LogP contribution in [0.4, 0.5) is 0 Å². The molecule has 0 amide bonds. The van der Waals surface area contributed by atoms with Gasteiger partial charge < -0.3 is 15.2 Å². The van der Waals surface area contributed by atoms with Crippen LogP contribution in [-0.4, -0.2) is 29.3 Å². The quantitative estimate of drug-likeness (QED) is 0.875. The van der Waals surface area contributed by atoms with E-state index in [1.54, 1.807) is 0 Å². The molecular weight excluding hydrogens is 266 g/mol. The predicted octanol–water partition coefficient (Wildman–Crippen LogP) is 3.06. The van der Waals surface area contributed by atoms with Crippen molar-refractivity contribution in [2.75, 3.05) is 6.54 Å². The minimum atomic E-state index is -0.838. The Kier molecular flexibility index (Phi) is 4.88. The van der Waals surface area contributed by atoms with Gasteiger partial charge in [-0.25, -0.2) is 0 Å². The van der Waals surface area contributed by atoms with Gasteiger partial charge in [-0.15, -0.1) is 0 Å². The number of rotatable bonds is 5. The fraction of sp³-hybridized carbons (Fsp3) is 0.588. The standard InChI is InChI=1S/C17H25NO3/c1-4-18-17(16(19)20)9-5-6-14(11-17)21-15-10-12(2)7-8-13(15)3/h7-8,10,14,18H,4-6,9,11H2,1-3H3,(H,19,20). The van der Waals surface area contributed by atoms with Crippen molar-refractivity contribution in [1.29, 1.82) is 0 Å². The second-order valence-electron chi connectivity index (χ2n) is 6.02. The smallest absolute Gasteiger partial charge is 0.324 e. The number of aliphatic carboxylic acids is 1. The van der Waals surface area contributed by atoms with E-state index in [9.17, 15) is 9.90 Å². The highest BCUT2D eigenvalue weighted by Gasteiger charge is 2.43. The third kappa shape index (κ3) is 3.56. The molecule has 116 valence electrons. The molecule has 0 saturated heterocycles. The van der Waals surface area contributed by atoms with Crippen LogP contribution in [0.2, 0.25) is 0 Å². The van der Waals surface area contributed by atoms with E-state index in [2.05, 4.69) is 11.4 Å². The van der Waals surface area contributed by atoms with Crippen molar-refractivity contribution in [1.82, 2.24) is 5.32 Å². The molecule has 0 aliphatic heterocycles. The molecule has 1 aliphatic rings. The fourth-order valence-electron chi connectivity index (χ4n) is 3.11. The van der Waals surface area contributed by atoms with E-state index < -0.39 is 11.5 Å². The predicted molar refractivity (Wildman–Crippen MR) is 82.8 cm³/mol. The Morgan fingerprint density at radius 3 is 2.90 bits per heavy atom. The van der Waals surface area contributed by atoms with Crippen molar-refractivity contribution in [2.45, 2.75) is 58.1 Å².